The molecule has 0 amide bonds. The Hall–Kier alpha value is -1.36. The number of halogens is 1. The summed E-state index contributed by atoms with van der Waals surface area (Å²) >= 11 is 3.12. The number of carbonyl (C=O) groups excluding carboxylic acids is 1. The SMILES string of the molecule is COC(=O)c1ccc(Br)cc1C(=O)O. The van der Waals surface area contributed by atoms with E-state index in [-0.39, 0.29) is 11.1 Å². The lowest BCUT2D eigenvalue weighted by atomic mass is 10.1. The Morgan fingerprint density at radius 3 is 2.50 bits per heavy atom. The Labute approximate surface area is 88.6 Å². The van der Waals surface area contributed by atoms with Crippen LogP contribution in [0.4, 0.5) is 0 Å². The molecular formula is C9H7BrO4. The van der Waals surface area contributed by atoms with Crippen LogP contribution in [0.2, 0.25) is 0 Å². The van der Waals surface area contributed by atoms with Crippen LogP contribution in [0.3, 0.4) is 0 Å². The average Bonchev–Trinajstić information content (AvgIpc) is 2.16. The Morgan fingerprint density at radius 2 is 2.00 bits per heavy atom. The molecule has 0 aliphatic carbocycles. The van der Waals surface area contributed by atoms with Crippen LogP contribution in [0, 0.1) is 0 Å². The van der Waals surface area contributed by atoms with Crippen molar-refractivity contribution in [3.63, 3.8) is 0 Å². The van der Waals surface area contributed by atoms with Crippen LogP contribution in [-0.4, -0.2) is 24.2 Å². The molecule has 1 N–H and O–H groups in total. The molecule has 1 aromatic carbocycles. The molecule has 0 aliphatic rings. The molecule has 0 aliphatic heterocycles. The van der Waals surface area contributed by atoms with Crippen molar-refractivity contribution >= 4 is 27.9 Å². The number of methoxy groups -OCH3 is 1. The molecule has 0 unspecified atom stereocenters. The number of benzene rings is 1. The number of carboxylic acid groups (broad SMARTS) is 1. The minimum Gasteiger partial charge on any atom is -0.478 e. The van der Waals surface area contributed by atoms with Crippen LogP contribution >= 0.6 is 15.9 Å². The Kier molecular flexibility index (Phi) is 3.24. The molecule has 0 heterocycles. The van der Waals surface area contributed by atoms with Gasteiger partial charge in [0.25, 0.3) is 0 Å². The van der Waals surface area contributed by atoms with Crippen molar-refractivity contribution < 1.29 is 19.4 Å². The molecule has 0 spiro atoms. The van der Waals surface area contributed by atoms with E-state index in [1.54, 1.807) is 6.07 Å². The summed E-state index contributed by atoms with van der Waals surface area (Å²) in [5.41, 5.74) is -0.0329. The largest absolute Gasteiger partial charge is 0.478 e. The van der Waals surface area contributed by atoms with E-state index >= 15 is 0 Å². The van der Waals surface area contributed by atoms with E-state index < -0.39 is 11.9 Å². The second kappa shape index (κ2) is 4.23. The van der Waals surface area contributed by atoms with Gasteiger partial charge in [0.05, 0.1) is 18.2 Å². The average molecular weight is 259 g/mol. The number of hydrogen-bond acceptors (Lipinski definition) is 3. The summed E-state index contributed by atoms with van der Waals surface area (Å²) in [5, 5.41) is 8.81. The summed E-state index contributed by atoms with van der Waals surface area (Å²) in [7, 11) is 1.20. The van der Waals surface area contributed by atoms with E-state index in [1.807, 2.05) is 0 Å². The molecule has 0 saturated carbocycles. The van der Waals surface area contributed by atoms with Gasteiger partial charge in [-0.3, -0.25) is 0 Å². The fourth-order valence-corrected chi connectivity index (χ4v) is 1.34. The van der Waals surface area contributed by atoms with Gasteiger partial charge in [0.1, 0.15) is 0 Å². The number of esters is 1. The zero-order valence-electron chi connectivity index (χ0n) is 7.28. The quantitative estimate of drug-likeness (QED) is 0.824. The molecule has 0 fully saturated rings. The molecule has 1 aromatic rings. The predicted molar refractivity (Wildman–Crippen MR) is 52.4 cm³/mol. The molecule has 0 atom stereocenters. The monoisotopic (exact) mass is 258 g/mol. The highest BCUT2D eigenvalue weighted by Gasteiger charge is 2.16. The van der Waals surface area contributed by atoms with Crippen molar-refractivity contribution in [2.45, 2.75) is 0 Å². The van der Waals surface area contributed by atoms with Crippen LogP contribution in [0.5, 0.6) is 0 Å². The van der Waals surface area contributed by atoms with Crippen LogP contribution < -0.4 is 0 Å². The Morgan fingerprint density at radius 1 is 1.36 bits per heavy atom. The Bertz CT molecular complexity index is 386. The summed E-state index contributed by atoms with van der Waals surface area (Å²) in [5.74, 6) is -1.82. The van der Waals surface area contributed by atoms with Crippen molar-refractivity contribution in [1.29, 1.82) is 0 Å². The van der Waals surface area contributed by atoms with Crippen LogP contribution in [0.25, 0.3) is 0 Å². The van der Waals surface area contributed by atoms with Crippen LogP contribution in [-0.2, 0) is 4.74 Å². The van der Waals surface area contributed by atoms with E-state index in [1.165, 1.54) is 19.2 Å². The zero-order chi connectivity index (χ0) is 10.7. The number of rotatable bonds is 2. The summed E-state index contributed by atoms with van der Waals surface area (Å²) in [6, 6.07) is 4.34. The molecule has 74 valence electrons. The van der Waals surface area contributed by atoms with Crippen LogP contribution in [0.1, 0.15) is 20.7 Å². The third-order valence-electron chi connectivity index (χ3n) is 1.62. The number of carbonyl (C=O) groups is 2. The maximum Gasteiger partial charge on any atom is 0.338 e. The third-order valence-corrected chi connectivity index (χ3v) is 2.11. The fourth-order valence-electron chi connectivity index (χ4n) is 0.981. The number of carboxylic acids is 1. The van der Waals surface area contributed by atoms with Crippen LogP contribution in [0.15, 0.2) is 22.7 Å². The molecule has 14 heavy (non-hydrogen) atoms. The van der Waals surface area contributed by atoms with Gasteiger partial charge < -0.3 is 9.84 Å². The first-order chi connectivity index (χ1) is 6.56. The second-order valence-corrected chi connectivity index (χ2v) is 3.40. The smallest absolute Gasteiger partial charge is 0.338 e. The minimum atomic E-state index is -1.16. The third kappa shape index (κ3) is 2.11. The van der Waals surface area contributed by atoms with Crippen molar-refractivity contribution in [2.75, 3.05) is 7.11 Å². The van der Waals surface area contributed by atoms with Gasteiger partial charge in [-0.2, -0.15) is 0 Å². The highest BCUT2D eigenvalue weighted by Crippen LogP contribution is 2.17. The van der Waals surface area contributed by atoms with Gasteiger partial charge in [0.2, 0.25) is 0 Å². The molecule has 1 rings (SSSR count). The fraction of sp³-hybridized carbons (Fsp3) is 0.111. The standard InChI is InChI=1S/C9H7BrO4/c1-14-9(13)6-3-2-5(10)4-7(6)8(11)12/h2-4H,1H3,(H,11,12). The van der Waals surface area contributed by atoms with Gasteiger partial charge in [0.15, 0.2) is 0 Å². The Balaban J connectivity index is 3.28. The van der Waals surface area contributed by atoms with Gasteiger partial charge in [0, 0.05) is 4.47 Å². The minimum absolute atomic E-state index is 0.0446. The maximum atomic E-state index is 11.1. The van der Waals surface area contributed by atoms with Gasteiger partial charge in [-0.05, 0) is 18.2 Å². The van der Waals surface area contributed by atoms with Gasteiger partial charge in [-0.1, -0.05) is 15.9 Å². The number of hydrogen-bond donors (Lipinski definition) is 1. The molecular weight excluding hydrogens is 252 g/mol. The topological polar surface area (TPSA) is 63.6 Å². The van der Waals surface area contributed by atoms with E-state index in [9.17, 15) is 9.59 Å². The summed E-state index contributed by atoms with van der Waals surface area (Å²) in [4.78, 5) is 21.9. The van der Waals surface area contributed by atoms with Crippen molar-refractivity contribution in [2.24, 2.45) is 0 Å². The lowest BCUT2D eigenvalue weighted by molar-refractivity contribution is 0.0582. The summed E-state index contributed by atoms with van der Waals surface area (Å²) in [6.45, 7) is 0. The summed E-state index contributed by atoms with van der Waals surface area (Å²) in [6.07, 6.45) is 0. The van der Waals surface area contributed by atoms with E-state index in [2.05, 4.69) is 20.7 Å². The molecule has 0 bridgehead atoms. The van der Waals surface area contributed by atoms with E-state index in [0.29, 0.717) is 4.47 Å². The molecule has 4 nitrogen and oxygen atoms in total. The maximum absolute atomic E-state index is 11.1. The number of aromatic carboxylic acids is 1. The highest BCUT2D eigenvalue weighted by atomic mass is 79.9. The second-order valence-electron chi connectivity index (χ2n) is 2.49. The van der Waals surface area contributed by atoms with Crippen molar-refractivity contribution in [1.82, 2.24) is 0 Å². The lowest BCUT2D eigenvalue weighted by Gasteiger charge is -2.03. The van der Waals surface area contributed by atoms with E-state index in [4.69, 9.17) is 5.11 Å². The van der Waals surface area contributed by atoms with Crippen molar-refractivity contribution in [3.05, 3.63) is 33.8 Å². The highest BCUT2D eigenvalue weighted by molar-refractivity contribution is 9.10. The first-order valence-corrected chi connectivity index (χ1v) is 4.46. The first kappa shape index (κ1) is 10.7. The first-order valence-electron chi connectivity index (χ1n) is 3.67. The van der Waals surface area contributed by atoms with E-state index in [0.717, 1.165) is 0 Å². The van der Waals surface area contributed by atoms with Gasteiger partial charge in [-0.15, -0.1) is 0 Å². The molecule has 5 heteroatoms. The molecule has 0 radical (unpaired) electrons. The predicted octanol–water partition coefficient (Wildman–Crippen LogP) is 1.93. The number of ether oxygens (including phenoxy) is 1. The van der Waals surface area contributed by atoms with Crippen molar-refractivity contribution in [3.8, 4) is 0 Å². The van der Waals surface area contributed by atoms with Gasteiger partial charge in [-0.25, -0.2) is 9.59 Å². The summed E-state index contributed by atoms with van der Waals surface area (Å²) < 4.78 is 5.05. The lowest BCUT2D eigenvalue weighted by Crippen LogP contribution is -2.09. The molecule has 0 saturated heterocycles. The normalized spacial score (nSPS) is 9.57. The zero-order valence-corrected chi connectivity index (χ0v) is 8.87. The molecule has 0 aromatic heterocycles. The van der Waals surface area contributed by atoms with Gasteiger partial charge >= 0.3 is 11.9 Å².